The third kappa shape index (κ3) is 3.35. The fraction of sp³-hybridized carbons (Fsp3) is 0.714. The number of hydrogen-bond donors (Lipinski definition) is 2. The standard InChI is InChI=1S/C14H22N4O/c15-18-12-9-13(17-14(16-12)10-7-8-10)19-11-5-3-1-2-4-6-11/h9-11H,1-8,15H2,(H,16,17,18). The maximum Gasteiger partial charge on any atom is 0.219 e. The molecule has 0 spiro atoms. The van der Waals surface area contributed by atoms with Crippen LogP contribution in [-0.4, -0.2) is 16.1 Å². The molecular formula is C14H22N4O. The topological polar surface area (TPSA) is 73.1 Å². The van der Waals surface area contributed by atoms with Gasteiger partial charge >= 0.3 is 0 Å². The number of rotatable bonds is 4. The van der Waals surface area contributed by atoms with Crippen LogP contribution in [0.2, 0.25) is 0 Å². The third-order valence-electron chi connectivity index (χ3n) is 3.90. The van der Waals surface area contributed by atoms with Crippen molar-refractivity contribution in [3.05, 3.63) is 11.9 Å². The van der Waals surface area contributed by atoms with Gasteiger partial charge in [-0.3, -0.25) is 0 Å². The maximum absolute atomic E-state index is 6.05. The minimum absolute atomic E-state index is 0.301. The molecule has 2 aliphatic rings. The molecule has 104 valence electrons. The fourth-order valence-corrected chi connectivity index (χ4v) is 2.63. The largest absolute Gasteiger partial charge is 0.474 e. The van der Waals surface area contributed by atoms with Gasteiger partial charge in [-0.1, -0.05) is 12.8 Å². The molecule has 0 aromatic carbocycles. The van der Waals surface area contributed by atoms with Gasteiger partial charge in [-0.2, -0.15) is 4.98 Å². The molecule has 1 aromatic rings. The number of hydrogen-bond acceptors (Lipinski definition) is 5. The molecule has 0 amide bonds. The van der Waals surface area contributed by atoms with Crippen molar-refractivity contribution in [2.75, 3.05) is 5.43 Å². The van der Waals surface area contributed by atoms with Gasteiger partial charge < -0.3 is 10.2 Å². The van der Waals surface area contributed by atoms with Gasteiger partial charge in [0.2, 0.25) is 5.88 Å². The predicted molar refractivity (Wildman–Crippen MR) is 73.9 cm³/mol. The van der Waals surface area contributed by atoms with Crippen molar-refractivity contribution >= 4 is 5.82 Å². The quantitative estimate of drug-likeness (QED) is 0.496. The Kier molecular flexibility index (Phi) is 3.82. The Morgan fingerprint density at radius 3 is 2.42 bits per heavy atom. The van der Waals surface area contributed by atoms with E-state index >= 15 is 0 Å². The number of nitrogens with one attached hydrogen (secondary N) is 1. The molecule has 5 heteroatoms. The van der Waals surface area contributed by atoms with Gasteiger partial charge in [0.1, 0.15) is 17.7 Å². The minimum Gasteiger partial charge on any atom is -0.474 e. The Bertz CT molecular complexity index is 425. The van der Waals surface area contributed by atoms with Crippen molar-refractivity contribution in [1.82, 2.24) is 9.97 Å². The van der Waals surface area contributed by atoms with Crippen LogP contribution >= 0.6 is 0 Å². The molecule has 2 aliphatic carbocycles. The summed E-state index contributed by atoms with van der Waals surface area (Å²) in [5.74, 6) is 8.18. The number of nitrogens with zero attached hydrogens (tertiary/aromatic N) is 2. The van der Waals surface area contributed by atoms with Crippen LogP contribution in [0.5, 0.6) is 5.88 Å². The summed E-state index contributed by atoms with van der Waals surface area (Å²) in [6.45, 7) is 0. The van der Waals surface area contributed by atoms with Gasteiger partial charge in [-0.05, 0) is 38.5 Å². The van der Waals surface area contributed by atoms with Crippen LogP contribution in [0, 0.1) is 0 Å². The Morgan fingerprint density at radius 1 is 1.05 bits per heavy atom. The molecule has 1 heterocycles. The lowest BCUT2D eigenvalue weighted by atomic mass is 10.1. The van der Waals surface area contributed by atoms with Gasteiger partial charge in [-0.15, -0.1) is 0 Å². The highest BCUT2D eigenvalue weighted by Crippen LogP contribution is 2.39. The van der Waals surface area contributed by atoms with Crippen LogP contribution in [0.15, 0.2) is 6.07 Å². The van der Waals surface area contributed by atoms with E-state index in [2.05, 4.69) is 15.4 Å². The van der Waals surface area contributed by atoms with Crippen molar-refractivity contribution in [1.29, 1.82) is 0 Å². The van der Waals surface area contributed by atoms with Gasteiger partial charge in [0.25, 0.3) is 0 Å². The second-order valence-electron chi connectivity index (χ2n) is 5.60. The Morgan fingerprint density at radius 2 is 1.79 bits per heavy atom. The molecule has 1 aromatic heterocycles. The highest BCUT2D eigenvalue weighted by atomic mass is 16.5. The maximum atomic E-state index is 6.05. The SMILES string of the molecule is NNc1cc(OC2CCCCCC2)nc(C2CC2)n1. The van der Waals surface area contributed by atoms with Gasteiger partial charge in [0, 0.05) is 12.0 Å². The number of hydrazine groups is 1. The minimum atomic E-state index is 0.301. The number of nitrogen functional groups attached to an aromatic ring is 1. The summed E-state index contributed by atoms with van der Waals surface area (Å²) in [5.41, 5.74) is 2.61. The van der Waals surface area contributed by atoms with E-state index in [1.54, 1.807) is 6.07 Å². The second-order valence-corrected chi connectivity index (χ2v) is 5.60. The molecule has 19 heavy (non-hydrogen) atoms. The summed E-state index contributed by atoms with van der Waals surface area (Å²) in [6, 6.07) is 1.80. The van der Waals surface area contributed by atoms with E-state index in [9.17, 15) is 0 Å². The molecule has 0 aliphatic heterocycles. The molecule has 5 nitrogen and oxygen atoms in total. The van der Waals surface area contributed by atoms with Crippen LogP contribution in [0.4, 0.5) is 5.82 Å². The zero-order chi connectivity index (χ0) is 13.1. The van der Waals surface area contributed by atoms with E-state index in [1.165, 1.54) is 38.5 Å². The molecule has 3 rings (SSSR count). The molecular weight excluding hydrogens is 240 g/mol. The number of nitrogens with two attached hydrogens (primary N) is 1. The van der Waals surface area contributed by atoms with E-state index in [4.69, 9.17) is 10.6 Å². The molecule has 0 saturated heterocycles. The number of anilines is 1. The van der Waals surface area contributed by atoms with Crippen LogP contribution < -0.4 is 16.0 Å². The highest BCUT2D eigenvalue weighted by Gasteiger charge is 2.28. The Labute approximate surface area is 113 Å². The van der Waals surface area contributed by atoms with Crippen LogP contribution in [0.1, 0.15) is 63.1 Å². The van der Waals surface area contributed by atoms with E-state index in [-0.39, 0.29) is 0 Å². The summed E-state index contributed by atoms with van der Waals surface area (Å²) in [4.78, 5) is 8.94. The lowest BCUT2D eigenvalue weighted by Gasteiger charge is -2.17. The monoisotopic (exact) mass is 262 g/mol. The van der Waals surface area contributed by atoms with E-state index in [0.29, 0.717) is 23.7 Å². The smallest absolute Gasteiger partial charge is 0.219 e. The Hall–Kier alpha value is -1.36. The second kappa shape index (κ2) is 5.74. The van der Waals surface area contributed by atoms with E-state index in [1.807, 2.05) is 0 Å². The lowest BCUT2D eigenvalue weighted by molar-refractivity contribution is 0.175. The van der Waals surface area contributed by atoms with E-state index in [0.717, 1.165) is 18.7 Å². The van der Waals surface area contributed by atoms with Gasteiger partial charge in [0.05, 0.1) is 0 Å². The van der Waals surface area contributed by atoms with Crippen LogP contribution in [0.25, 0.3) is 0 Å². The van der Waals surface area contributed by atoms with E-state index < -0.39 is 0 Å². The first kappa shape index (κ1) is 12.7. The number of ether oxygens (including phenoxy) is 1. The van der Waals surface area contributed by atoms with Crippen molar-refractivity contribution in [3.8, 4) is 5.88 Å². The molecule has 0 radical (unpaired) electrons. The average Bonchev–Trinajstić information content (AvgIpc) is 3.26. The normalized spacial score (nSPS) is 20.9. The number of aromatic nitrogens is 2. The van der Waals surface area contributed by atoms with Gasteiger partial charge in [-0.25, -0.2) is 10.8 Å². The molecule has 3 N–H and O–H groups in total. The fourth-order valence-electron chi connectivity index (χ4n) is 2.63. The molecule has 0 unspecified atom stereocenters. The van der Waals surface area contributed by atoms with Crippen molar-refractivity contribution < 1.29 is 4.74 Å². The zero-order valence-electron chi connectivity index (χ0n) is 11.3. The molecule has 0 bridgehead atoms. The summed E-state index contributed by atoms with van der Waals surface area (Å²) in [7, 11) is 0. The summed E-state index contributed by atoms with van der Waals surface area (Å²) >= 11 is 0. The first-order valence-corrected chi connectivity index (χ1v) is 7.37. The van der Waals surface area contributed by atoms with Crippen molar-refractivity contribution in [2.45, 2.75) is 63.4 Å². The van der Waals surface area contributed by atoms with Crippen molar-refractivity contribution in [3.63, 3.8) is 0 Å². The van der Waals surface area contributed by atoms with Crippen LogP contribution in [0.3, 0.4) is 0 Å². The third-order valence-corrected chi connectivity index (χ3v) is 3.90. The van der Waals surface area contributed by atoms with Crippen molar-refractivity contribution in [2.24, 2.45) is 5.84 Å². The molecule has 2 fully saturated rings. The summed E-state index contributed by atoms with van der Waals surface area (Å²) in [6.07, 6.45) is 10.1. The lowest BCUT2D eigenvalue weighted by Crippen LogP contribution is -2.17. The van der Waals surface area contributed by atoms with Crippen LogP contribution in [-0.2, 0) is 0 Å². The Balaban J connectivity index is 1.73. The summed E-state index contributed by atoms with van der Waals surface area (Å²) < 4.78 is 6.05. The van der Waals surface area contributed by atoms with Gasteiger partial charge in [0.15, 0.2) is 0 Å². The first-order valence-electron chi connectivity index (χ1n) is 7.37. The molecule has 2 saturated carbocycles. The zero-order valence-corrected chi connectivity index (χ0v) is 11.3. The predicted octanol–water partition coefficient (Wildman–Crippen LogP) is 2.74. The first-order chi connectivity index (χ1) is 9.35. The molecule has 0 atom stereocenters. The highest BCUT2D eigenvalue weighted by molar-refractivity contribution is 5.38. The summed E-state index contributed by atoms with van der Waals surface area (Å²) in [5, 5.41) is 0. The average molecular weight is 262 g/mol.